The highest BCUT2D eigenvalue weighted by molar-refractivity contribution is 5.82. The number of anilines is 1. The molecule has 0 amide bonds. The van der Waals surface area contributed by atoms with Crippen LogP contribution in [0.1, 0.15) is 11.6 Å². The molecule has 0 heterocycles. The molecule has 2 aromatic carbocycles. The van der Waals surface area contributed by atoms with Crippen LogP contribution in [0.4, 0.5) is 5.69 Å². The molecule has 2 N–H and O–H groups in total. The predicted octanol–water partition coefficient (Wildman–Crippen LogP) is 2.73. The topological polar surface area (TPSA) is 67.8 Å². The Morgan fingerprint density at radius 3 is 2.57 bits per heavy atom. The first-order valence-corrected chi connectivity index (χ1v) is 6.42. The Kier molecular flexibility index (Phi) is 4.66. The summed E-state index contributed by atoms with van der Waals surface area (Å²) in [7, 11) is 2.88. The number of phenolic OH excluding ortho intramolecular Hbond substituents is 1. The minimum atomic E-state index is -0.802. The molecular weight excluding hydrogens is 270 g/mol. The van der Waals surface area contributed by atoms with Crippen LogP contribution in [0.2, 0.25) is 0 Å². The van der Waals surface area contributed by atoms with Crippen molar-refractivity contribution in [2.75, 3.05) is 19.5 Å². The van der Waals surface area contributed by atoms with Crippen LogP contribution in [0.3, 0.4) is 0 Å². The van der Waals surface area contributed by atoms with E-state index in [2.05, 4.69) is 5.32 Å². The van der Waals surface area contributed by atoms with Crippen LogP contribution in [-0.4, -0.2) is 25.3 Å². The molecule has 0 spiro atoms. The summed E-state index contributed by atoms with van der Waals surface area (Å²) in [6.07, 6.45) is 0. The number of carbonyl (C=O) groups is 1. The number of methoxy groups -OCH3 is 2. The third kappa shape index (κ3) is 3.45. The quantitative estimate of drug-likeness (QED) is 0.828. The van der Waals surface area contributed by atoms with Gasteiger partial charge in [-0.2, -0.15) is 0 Å². The van der Waals surface area contributed by atoms with Gasteiger partial charge in [-0.05, 0) is 18.2 Å². The monoisotopic (exact) mass is 287 g/mol. The van der Waals surface area contributed by atoms with Crippen molar-refractivity contribution < 1.29 is 19.4 Å². The smallest absolute Gasteiger partial charge is 0.333 e. The molecule has 0 fully saturated rings. The lowest BCUT2D eigenvalue weighted by Crippen LogP contribution is -2.22. The zero-order valence-corrected chi connectivity index (χ0v) is 11.9. The number of carbonyl (C=O) groups excluding carboxylic acids is 1. The van der Waals surface area contributed by atoms with Crippen molar-refractivity contribution in [2.45, 2.75) is 6.04 Å². The fourth-order valence-corrected chi connectivity index (χ4v) is 1.99. The van der Waals surface area contributed by atoms with Gasteiger partial charge in [0.1, 0.15) is 11.5 Å². The molecule has 0 radical (unpaired) electrons. The maximum Gasteiger partial charge on any atom is 0.333 e. The van der Waals surface area contributed by atoms with Crippen molar-refractivity contribution in [2.24, 2.45) is 0 Å². The summed E-state index contributed by atoms with van der Waals surface area (Å²) in [6.45, 7) is 0. The fourth-order valence-electron chi connectivity index (χ4n) is 1.99. The third-order valence-corrected chi connectivity index (χ3v) is 3.07. The van der Waals surface area contributed by atoms with E-state index in [0.717, 1.165) is 0 Å². The summed E-state index contributed by atoms with van der Waals surface area (Å²) in [4.78, 5) is 12.0. The van der Waals surface area contributed by atoms with Gasteiger partial charge in [0.2, 0.25) is 0 Å². The van der Waals surface area contributed by atoms with Crippen molar-refractivity contribution in [1.29, 1.82) is 0 Å². The molecule has 2 aromatic rings. The molecule has 1 atom stereocenters. The van der Waals surface area contributed by atoms with Gasteiger partial charge in [0.05, 0.1) is 14.2 Å². The van der Waals surface area contributed by atoms with Crippen molar-refractivity contribution in [1.82, 2.24) is 0 Å². The van der Waals surface area contributed by atoms with Crippen molar-refractivity contribution in [3.8, 4) is 11.5 Å². The molecule has 0 aromatic heterocycles. The molecule has 0 aliphatic heterocycles. The Morgan fingerprint density at radius 2 is 1.90 bits per heavy atom. The molecule has 2 rings (SSSR count). The van der Waals surface area contributed by atoms with E-state index in [1.165, 1.54) is 13.2 Å². The molecule has 5 heteroatoms. The van der Waals surface area contributed by atoms with E-state index < -0.39 is 12.0 Å². The summed E-state index contributed by atoms with van der Waals surface area (Å²) in [5, 5.41) is 13.0. The van der Waals surface area contributed by atoms with E-state index >= 15 is 0 Å². The standard InChI is InChI=1S/C16H17NO4/c1-20-12-7-5-6-11(10-12)17-15(16(19)21-2)13-8-3-4-9-14(13)18/h3-10,15,17-18H,1-2H3. The van der Waals surface area contributed by atoms with Crippen LogP contribution in [0.25, 0.3) is 0 Å². The number of esters is 1. The van der Waals surface area contributed by atoms with Crippen LogP contribution >= 0.6 is 0 Å². The van der Waals surface area contributed by atoms with Gasteiger partial charge < -0.3 is 19.9 Å². The Balaban J connectivity index is 2.33. The highest BCUT2D eigenvalue weighted by atomic mass is 16.5. The van der Waals surface area contributed by atoms with Crippen LogP contribution in [-0.2, 0) is 9.53 Å². The number of aromatic hydroxyl groups is 1. The lowest BCUT2D eigenvalue weighted by Gasteiger charge is -2.19. The average Bonchev–Trinajstić information content (AvgIpc) is 2.53. The second-order valence-corrected chi connectivity index (χ2v) is 4.39. The number of para-hydroxylation sites is 1. The van der Waals surface area contributed by atoms with E-state index in [9.17, 15) is 9.90 Å². The van der Waals surface area contributed by atoms with E-state index in [4.69, 9.17) is 9.47 Å². The fraction of sp³-hybridized carbons (Fsp3) is 0.188. The highest BCUT2D eigenvalue weighted by Crippen LogP contribution is 2.29. The molecule has 21 heavy (non-hydrogen) atoms. The van der Waals surface area contributed by atoms with Crippen LogP contribution in [0.15, 0.2) is 48.5 Å². The van der Waals surface area contributed by atoms with Gasteiger partial charge >= 0.3 is 5.97 Å². The van der Waals surface area contributed by atoms with Gasteiger partial charge in [0.15, 0.2) is 6.04 Å². The number of hydrogen-bond donors (Lipinski definition) is 2. The molecule has 0 saturated heterocycles. The van der Waals surface area contributed by atoms with Crippen molar-refractivity contribution in [3.63, 3.8) is 0 Å². The summed E-state index contributed by atoms with van der Waals surface area (Å²) in [6, 6.07) is 13.0. The third-order valence-electron chi connectivity index (χ3n) is 3.07. The SMILES string of the molecule is COC(=O)C(Nc1cccc(OC)c1)c1ccccc1O. The van der Waals surface area contributed by atoms with Crippen LogP contribution in [0, 0.1) is 0 Å². The van der Waals surface area contributed by atoms with Gasteiger partial charge in [-0.15, -0.1) is 0 Å². The summed E-state index contributed by atoms with van der Waals surface area (Å²) < 4.78 is 9.95. The number of ether oxygens (including phenoxy) is 2. The lowest BCUT2D eigenvalue weighted by atomic mass is 10.1. The van der Waals surface area contributed by atoms with Crippen LogP contribution < -0.4 is 10.1 Å². The lowest BCUT2D eigenvalue weighted by molar-refractivity contribution is -0.141. The number of rotatable bonds is 5. The Labute approximate surface area is 123 Å². The molecular formula is C16H17NO4. The normalized spacial score (nSPS) is 11.5. The minimum Gasteiger partial charge on any atom is -0.508 e. The first kappa shape index (κ1) is 14.7. The second-order valence-electron chi connectivity index (χ2n) is 4.39. The first-order valence-electron chi connectivity index (χ1n) is 6.42. The maximum absolute atomic E-state index is 12.0. The Morgan fingerprint density at radius 1 is 1.14 bits per heavy atom. The number of phenols is 1. The molecule has 0 saturated carbocycles. The Bertz CT molecular complexity index is 627. The van der Waals surface area contributed by atoms with Crippen molar-refractivity contribution in [3.05, 3.63) is 54.1 Å². The molecule has 0 bridgehead atoms. The molecule has 5 nitrogen and oxygen atoms in total. The van der Waals surface area contributed by atoms with E-state index in [0.29, 0.717) is 17.0 Å². The molecule has 110 valence electrons. The minimum absolute atomic E-state index is 0.0308. The maximum atomic E-state index is 12.0. The largest absolute Gasteiger partial charge is 0.508 e. The zero-order valence-electron chi connectivity index (χ0n) is 11.9. The van der Waals surface area contributed by atoms with E-state index in [1.807, 2.05) is 0 Å². The van der Waals surface area contributed by atoms with Gasteiger partial charge in [-0.3, -0.25) is 0 Å². The number of hydrogen-bond acceptors (Lipinski definition) is 5. The van der Waals surface area contributed by atoms with Gasteiger partial charge in [-0.25, -0.2) is 4.79 Å². The number of benzene rings is 2. The zero-order chi connectivity index (χ0) is 15.2. The average molecular weight is 287 g/mol. The van der Waals surface area contributed by atoms with Crippen LogP contribution in [0.5, 0.6) is 11.5 Å². The molecule has 0 aliphatic carbocycles. The summed E-state index contributed by atoms with van der Waals surface area (Å²) in [5.41, 5.74) is 1.14. The predicted molar refractivity (Wildman–Crippen MR) is 79.5 cm³/mol. The van der Waals surface area contributed by atoms with E-state index in [-0.39, 0.29) is 5.75 Å². The van der Waals surface area contributed by atoms with Gasteiger partial charge in [0, 0.05) is 17.3 Å². The summed E-state index contributed by atoms with van der Waals surface area (Å²) >= 11 is 0. The highest BCUT2D eigenvalue weighted by Gasteiger charge is 2.24. The molecule has 0 aliphatic rings. The van der Waals surface area contributed by atoms with E-state index in [1.54, 1.807) is 49.6 Å². The second kappa shape index (κ2) is 6.65. The molecule has 1 unspecified atom stereocenters. The van der Waals surface area contributed by atoms with Gasteiger partial charge in [0.25, 0.3) is 0 Å². The first-order chi connectivity index (χ1) is 10.2. The van der Waals surface area contributed by atoms with Gasteiger partial charge in [-0.1, -0.05) is 24.3 Å². The number of nitrogens with one attached hydrogen (secondary N) is 1. The van der Waals surface area contributed by atoms with Crippen molar-refractivity contribution >= 4 is 11.7 Å². The Hall–Kier alpha value is -2.69. The summed E-state index contributed by atoms with van der Waals surface area (Å²) in [5.74, 6) is 0.212.